The predicted molar refractivity (Wildman–Crippen MR) is 85.2 cm³/mol. The lowest BCUT2D eigenvalue weighted by Crippen LogP contribution is -2.41. The molecule has 0 amide bonds. The maximum Gasteiger partial charge on any atom is 0.322 e. The third kappa shape index (κ3) is 18.1. The largest absolute Gasteiger partial charge is 0.480 e. The lowest BCUT2D eigenvalue weighted by atomic mass is 10.2. The number of aliphatic carboxylic acids is 1. The number of carbonyl (C=O) groups excluding carboxylic acids is 1. The van der Waals surface area contributed by atoms with Gasteiger partial charge in [-0.25, -0.2) is 0 Å². The van der Waals surface area contributed by atoms with Crippen molar-refractivity contribution < 1.29 is 19.4 Å². The number of nitrogens with one attached hydrogen (secondary N) is 1. The van der Waals surface area contributed by atoms with Crippen LogP contribution in [0, 0.1) is 0 Å². The van der Waals surface area contributed by atoms with E-state index in [4.69, 9.17) is 5.11 Å². The van der Waals surface area contributed by atoms with Crippen LogP contribution in [-0.4, -0.2) is 54.5 Å². The Hall–Kier alpha value is -1.89. The number of ether oxygens (including phenoxy) is 1. The molecule has 0 aliphatic carbocycles. The quantitative estimate of drug-likeness (QED) is 0.422. The van der Waals surface area contributed by atoms with Crippen molar-refractivity contribution in [1.82, 2.24) is 10.3 Å². The summed E-state index contributed by atoms with van der Waals surface area (Å²) in [4.78, 5) is 20.1. The van der Waals surface area contributed by atoms with Crippen LogP contribution in [-0.2, 0) is 14.3 Å². The first-order valence-electron chi connectivity index (χ1n) is 6.59. The monoisotopic (exact) mass is 303 g/mol. The van der Waals surface area contributed by atoms with E-state index in [0.29, 0.717) is 6.47 Å². The van der Waals surface area contributed by atoms with Crippen LogP contribution in [0.2, 0.25) is 0 Å². The van der Waals surface area contributed by atoms with Crippen molar-refractivity contribution in [1.29, 1.82) is 0 Å². The Morgan fingerprint density at radius 1 is 1.48 bits per heavy atom. The molecule has 0 saturated heterocycles. The number of hydrogen-bond acceptors (Lipinski definition) is 6. The summed E-state index contributed by atoms with van der Waals surface area (Å²) in [5.74, 6) is -0.923. The van der Waals surface area contributed by atoms with E-state index < -0.39 is 12.0 Å². The molecule has 0 bridgehead atoms. The number of nitrogens with zero attached hydrogens (tertiary/aromatic N) is 2. The van der Waals surface area contributed by atoms with Gasteiger partial charge in [-0.2, -0.15) is 5.10 Å². The standard InChI is InChI=1S/C7H13N3O2.C5H10O2.C2H6/c1-4-10(9-3)5-6(8-2)7(11)12;1-5(2,3)7-4-6;1-2/h4,6,8H,1,3,5H2,2H3,(H,11,12);4H,1-3H3;1-2H3/t6-;;/m0../s1. The first kappa shape index (κ1) is 24.1. The SMILES string of the molecule is C=CN(C[C@H](NC)C(=O)O)N=C.CC.CC(C)(C)OC=O. The van der Waals surface area contributed by atoms with Gasteiger partial charge in [0.15, 0.2) is 0 Å². The minimum Gasteiger partial charge on any atom is -0.480 e. The highest BCUT2D eigenvalue weighted by molar-refractivity contribution is 5.73. The normalized spacial score (nSPS) is 10.6. The average Bonchev–Trinajstić information content (AvgIpc) is 2.41. The van der Waals surface area contributed by atoms with E-state index in [2.05, 4.69) is 28.5 Å². The van der Waals surface area contributed by atoms with Gasteiger partial charge in [-0.3, -0.25) is 14.6 Å². The highest BCUT2D eigenvalue weighted by atomic mass is 16.5. The van der Waals surface area contributed by atoms with Crippen molar-refractivity contribution in [3.8, 4) is 0 Å². The Bertz CT molecular complexity index is 293. The van der Waals surface area contributed by atoms with Gasteiger partial charge in [-0.1, -0.05) is 20.4 Å². The van der Waals surface area contributed by atoms with Crippen LogP contribution in [0.15, 0.2) is 17.9 Å². The van der Waals surface area contributed by atoms with E-state index in [-0.39, 0.29) is 12.1 Å². The molecule has 0 saturated carbocycles. The molecule has 1 atom stereocenters. The van der Waals surface area contributed by atoms with Crippen molar-refractivity contribution in [3.63, 3.8) is 0 Å². The summed E-state index contributed by atoms with van der Waals surface area (Å²) in [5.41, 5.74) is -0.318. The molecule has 21 heavy (non-hydrogen) atoms. The third-order valence-corrected chi connectivity index (χ3v) is 1.81. The zero-order valence-electron chi connectivity index (χ0n) is 13.9. The lowest BCUT2D eigenvalue weighted by Gasteiger charge is -2.17. The van der Waals surface area contributed by atoms with Crippen LogP contribution in [0.3, 0.4) is 0 Å². The molecular formula is C14H29N3O4. The number of rotatable bonds is 7. The van der Waals surface area contributed by atoms with Crippen LogP contribution in [0.4, 0.5) is 0 Å². The molecule has 0 spiro atoms. The van der Waals surface area contributed by atoms with Crippen molar-refractivity contribution in [2.75, 3.05) is 13.6 Å². The van der Waals surface area contributed by atoms with E-state index in [0.717, 1.165) is 0 Å². The van der Waals surface area contributed by atoms with Crippen molar-refractivity contribution in [2.24, 2.45) is 5.10 Å². The number of carboxylic acid groups (broad SMARTS) is 1. The molecule has 0 heterocycles. The smallest absolute Gasteiger partial charge is 0.322 e. The second-order valence-corrected chi connectivity index (χ2v) is 4.45. The summed E-state index contributed by atoms with van der Waals surface area (Å²) in [6.45, 7) is 16.9. The number of carboxylic acids is 1. The second kappa shape index (κ2) is 14.5. The summed E-state index contributed by atoms with van der Waals surface area (Å²) >= 11 is 0. The molecule has 0 aliphatic heterocycles. The van der Waals surface area contributed by atoms with Crippen molar-refractivity contribution in [2.45, 2.75) is 46.3 Å². The van der Waals surface area contributed by atoms with E-state index >= 15 is 0 Å². The summed E-state index contributed by atoms with van der Waals surface area (Å²) in [7, 11) is 1.57. The fraction of sp³-hybridized carbons (Fsp3) is 0.643. The molecule has 0 aromatic heterocycles. The summed E-state index contributed by atoms with van der Waals surface area (Å²) in [6, 6.07) is -0.659. The molecule has 0 aromatic rings. The molecular weight excluding hydrogens is 274 g/mol. The van der Waals surface area contributed by atoms with E-state index in [1.165, 1.54) is 11.2 Å². The minimum absolute atomic E-state index is 0.221. The third-order valence-electron chi connectivity index (χ3n) is 1.81. The molecule has 0 fully saturated rings. The number of carbonyl (C=O) groups is 2. The van der Waals surface area contributed by atoms with E-state index in [9.17, 15) is 9.59 Å². The molecule has 124 valence electrons. The van der Waals surface area contributed by atoms with Gasteiger partial charge >= 0.3 is 5.97 Å². The molecule has 2 N–H and O–H groups in total. The first-order valence-corrected chi connectivity index (χ1v) is 6.59. The number of likely N-dealkylation sites (N-methyl/N-ethyl adjacent to an activating group) is 1. The van der Waals surface area contributed by atoms with Crippen LogP contribution in [0.5, 0.6) is 0 Å². The van der Waals surface area contributed by atoms with Crippen molar-refractivity contribution >= 4 is 19.2 Å². The highest BCUT2D eigenvalue weighted by Gasteiger charge is 2.16. The van der Waals surface area contributed by atoms with Crippen LogP contribution >= 0.6 is 0 Å². The van der Waals surface area contributed by atoms with Gasteiger partial charge in [0.2, 0.25) is 0 Å². The van der Waals surface area contributed by atoms with Gasteiger partial charge in [0, 0.05) is 12.9 Å². The van der Waals surface area contributed by atoms with E-state index in [1.807, 2.05) is 34.6 Å². The molecule has 0 aromatic carbocycles. The molecule has 0 rings (SSSR count). The Labute approximate surface area is 127 Å². The van der Waals surface area contributed by atoms with Crippen molar-refractivity contribution in [3.05, 3.63) is 12.8 Å². The average molecular weight is 303 g/mol. The first-order chi connectivity index (χ1) is 9.71. The summed E-state index contributed by atoms with van der Waals surface area (Å²) in [6.07, 6.45) is 1.42. The highest BCUT2D eigenvalue weighted by Crippen LogP contribution is 2.02. The van der Waals surface area contributed by atoms with Gasteiger partial charge < -0.3 is 15.2 Å². The number of hydrazone groups is 1. The van der Waals surface area contributed by atoms with Gasteiger partial charge in [0.25, 0.3) is 6.47 Å². The molecule has 0 aliphatic rings. The Balaban J connectivity index is -0.000000307. The topological polar surface area (TPSA) is 91.2 Å². The van der Waals surface area contributed by atoms with Crippen LogP contribution in [0.1, 0.15) is 34.6 Å². The van der Waals surface area contributed by atoms with Gasteiger partial charge in [0.1, 0.15) is 11.6 Å². The Morgan fingerprint density at radius 2 is 1.95 bits per heavy atom. The Morgan fingerprint density at radius 3 is 2.10 bits per heavy atom. The molecule has 0 unspecified atom stereocenters. The summed E-state index contributed by atoms with van der Waals surface area (Å²) < 4.78 is 4.55. The zero-order chi connectivity index (χ0) is 17.5. The fourth-order valence-electron chi connectivity index (χ4n) is 0.814. The maximum absolute atomic E-state index is 10.5. The zero-order valence-corrected chi connectivity index (χ0v) is 13.9. The van der Waals surface area contributed by atoms with Crippen LogP contribution in [0.25, 0.3) is 0 Å². The predicted octanol–water partition coefficient (Wildman–Crippen LogP) is 1.70. The minimum atomic E-state index is -0.923. The molecule has 7 nitrogen and oxygen atoms in total. The van der Waals surface area contributed by atoms with Gasteiger partial charge in [-0.05, 0) is 27.8 Å². The van der Waals surface area contributed by atoms with E-state index in [1.54, 1.807) is 7.05 Å². The van der Waals surface area contributed by atoms with Gasteiger partial charge in [-0.15, -0.1) is 0 Å². The molecule has 0 radical (unpaired) electrons. The second-order valence-electron chi connectivity index (χ2n) is 4.45. The molecule has 7 heteroatoms. The van der Waals surface area contributed by atoms with Crippen LogP contribution < -0.4 is 5.32 Å². The summed E-state index contributed by atoms with van der Waals surface area (Å²) in [5, 5.41) is 16.1. The Kier molecular flexibility index (Phi) is 16.7. The maximum atomic E-state index is 10.5. The fourth-order valence-corrected chi connectivity index (χ4v) is 0.814. The van der Waals surface area contributed by atoms with Gasteiger partial charge in [0.05, 0.1) is 6.54 Å². The number of hydrogen-bond donors (Lipinski definition) is 2. The lowest BCUT2D eigenvalue weighted by molar-refractivity contribution is -0.140.